The summed E-state index contributed by atoms with van der Waals surface area (Å²) in [6.45, 7) is 7.74. The first kappa shape index (κ1) is 14.5. The molecule has 1 heterocycles. The molecule has 2 rings (SSSR count). The van der Waals surface area contributed by atoms with Crippen molar-refractivity contribution in [2.24, 2.45) is 0 Å². The smallest absolute Gasteiger partial charge is 0.0564 e. The van der Waals surface area contributed by atoms with E-state index in [0.29, 0.717) is 5.92 Å². The zero-order valence-electron chi connectivity index (χ0n) is 12.3. The second kappa shape index (κ2) is 7.06. The monoisotopic (exact) mass is 261 g/mol. The zero-order chi connectivity index (χ0) is 13.7. The fraction of sp³-hybridized carbons (Fsp3) is 0.647. The van der Waals surface area contributed by atoms with Gasteiger partial charge in [-0.15, -0.1) is 0 Å². The second-order valence-corrected chi connectivity index (χ2v) is 5.87. The van der Waals surface area contributed by atoms with Crippen LogP contribution < -0.4 is 0 Å². The van der Waals surface area contributed by atoms with E-state index in [1.54, 1.807) is 0 Å². The number of rotatable bonds is 5. The Bertz CT molecular complexity index is 365. The van der Waals surface area contributed by atoms with Gasteiger partial charge in [-0.05, 0) is 42.7 Å². The lowest BCUT2D eigenvalue weighted by molar-refractivity contribution is 0.0832. The molecule has 2 nitrogen and oxygen atoms in total. The fourth-order valence-electron chi connectivity index (χ4n) is 2.68. The molecule has 0 amide bonds. The number of hydrogen-bond donors (Lipinski definition) is 1. The van der Waals surface area contributed by atoms with Gasteiger partial charge in [-0.2, -0.15) is 0 Å². The summed E-state index contributed by atoms with van der Waals surface area (Å²) in [5.74, 6) is 0.664. The Morgan fingerprint density at radius 3 is 2.42 bits per heavy atom. The maximum absolute atomic E-state index is 9.49. The molecule has 0 aliphatic carbocycles. The highest BCUT2D eigenvalue weighted by molar-refractivity contribution is 5.25. The Morgan fingerprint density at radius 2 is 1.84 bits per heavy atom. The molecule has 1 saturated heterocycles. The highest BCUT2D eigenvalue weighted by Gasteiger charge is 2.16. The molecule has 1 N–H and O–H groups in total. The lowest BCUT2D eigenvalue weighted by Gasteiger charge is -2.29. The Morgan fingerprint density at radius 1 is 1.21 bits per heavy atom. The summed E-state index contributed by atoms with van der Waals surface area (Å²) < 4.78 is 0. The quantitative estimate of drug-likeness (QED) is 0.880. The zero-order valence-corrected chi connectivity index (χ0v) is 12.3. The third-order valence-corrected chi connectivity index (χ3v) is 4.43. The molecule has 0 bridgehead atoms. The number of benzene rings is 1. The van der Waals surface area contributed by atoms with Crippen molar-refractivity contribution in [3.05, 3.63) is 35.4 Å². The van der Waals surface area contributed by atoms with E-state index in [2.05, 4.69) is 43.0 Å². The van der Waals surface area contributed by atoms with Gasteiger partial charge < -0.3 is 10.0 Å². The van der Waals surface area contributed by atoms with Gasteiger partial charge in [-0.3, -0.25) is 0 Å². The molecule has 106 valence electrons. The Kier molecular flexibility index (Phi) is 5.41. The molecule has 1 fully saturated rings. The largest absolute Gasteiger partial charge is 0.393 e. The minimum absolute atomic E-state index is 0.0638. The number of piperidine rings is 1. The van der Waals surface area contributed by atoms with Crippen LogP contribution >= 0.6 is 0 Å². The van der Waals surface area contributed by atoms with Crippen LogP contribution in [0.2, 0.25) is 0 Å². The lowest BCUT2D eigenvalue weighted by atomic mass is 9.97. The van der Waals surface area contributed by atoms with Gasteiger partial charge in [-0.25, -0.2) is 0 Å². The molecule has 0 spiro atoms. The van der Waals surface area contributed by atoms with Gasteiger partial charge in [0, 0.05) is 19.6 Å². The van der Waals surface area contributed by atoms with Crippen LogP contribution in [0.5, 0.6) is 0 Å². The van der Waals surface area contributed by atoms with E-state index in [4.69, 9.17) is 0 Å². The SMILES string of the molecule is CCC(C)c1ccc(CCN2CCC(O)CC2)cc1. The molecule has 0 aromatic heterocycles. The number of aliphatic hydroxyl groups is 1. The Balaban J connectivity index is 1.80. The van der Waals surface area contributed by atoms with Crippen molar-refractivity contribution in [3.8, 4) is 0 Å². The van der Waals surface area contributed by atoms with E-state index in [9.17, 15) is 5.11 Å². The average molecular weight is 261 g/mol. The fourth-order valence-corrected chi connectivity index (χ4v) is 2.68. The third-order valence-electron chi connectivity index (χ3n) is 4.43. The highest BCUT2D eigenvalue weighted by Crippen LogP contribution is 2.19. The average Bonchev–Trinajstić information content (AvgIpc) is 2.46. The van der Waals surface area contributed by atoms with Crippen molar-refractivity contribution in [1.82, 2.24) is 4.90 Å². The Hall–Kier alpha value is -0.860. The van der Waals surface area contributed by atoms with Crippen molar-refractivity contribution in [2.45, 2.75) is 51.6 Å². The highest BCUT2D eigenvalue weighted by atomic mass is 16.3. The normalized spacial score (nSPS) is 19.5. The van der Waals surface area contributed by atoms with E-state index in [1.165, 1.54) is 17.5 Å². The number of likely N-dealkylation sites (tertiary alicyclic amines) is 1. The van der Waals surface area contributed by atoms with Crippen LogP contribution in [0.3, 0.4) is 0 Å². The summed E-state index contributed by atoms with van der Waals surface area (Å²) in [5, 5.41) is 9.49. The molecule has 1 aromatic rings. The molecule has 2 heteroatoms. The van der Waals surface area contributed by atoms with Crippen molar-refractivity contribution >= 4 is 0 Å². The van der Waals surface area contributed by atoms with Gasteiger partial charge in [0.1, 0.15) is 0 Å². The summed E-state index contributed by atoms with van der Waals surface area (Å²) in [6.07, 6.45) is 4.14. The molecule has 0 radical (unpaired) electrons. The maximum atomic E-state index is 9.49. The van der Waals surface area contributed by atoms with Gasteiger partial charge >= 0.3 is 0 Å². The molecule has 1 aliphatic heterocycles. The van der Waals surface area contributed by atoms with Crippen molar-refractivity contribution < 1.29 is 5.11 Å². The first-order chi connectivity index (χ1) is 9.19. The van der Waals surface area contributed by atoms with Crippen molar-refractivity contribution in [2.75, 3.05) is 19.6 Å². The van der Waals surface area contributed by atoms with E-state index >= 15 is 0 Å². The van der Waals surface area contributed by atoms with E-state index in [0.717, 1.165) is 38.9 Å². The summed E-state index contributed by atoms with van der Waals surface area (Å²) in [5.41, 5.74) is 2.88. The second-order valence-electron chi connectivity index (χ2n) is 5.87. The van der Waals surface area contributed by atoms with E-state index in [-0.39, 0.29) is 6.10 Å². The standard InChI is InChI=1S/C17H27NO/c1-3-14(2)16-6-4-15(5-7-16)8-11-18-12-9-17(19)10-13-18/h4-7,14,17,19H,3,8-13H2,1-2H3. The minimum Gasteiger partial charge on any atom is -0.393 e. The Labute approximate surface area is 117 Å². The van der Waals surface area contributed by atoms with Crippen LogP contribution in [0.15, 0.2) is 24.3 Å². The molecule has 19 heavy (non-hydrogen) atoms. The molecule has 0 saturated carbocycles. The van der Waals surface area contributed by atoms with Crippen LogP contribution in [-0.2, 0) is 6.42 Å². The van der Waals surface area contributed by atoms with Crippen LogP contribution in [0.25, 0.3) is 0 Å². The first-order valence-electron chi connectivity index (χ1n) is 7.68. The van der Waals surface area contributed by atoms with Crippen molar-refractivity contribution in [3.63, 3.8) is 0 Å². The van der Waals surface area contributed by atoms with Crippen LogP contribution in [0.1, 0.15) is 50.2 Å². The summed E-state index contributed by atoms with van der Waals surface area (Å²) in [6, 6.07) is 9.12. The molecule has 1 unspecified atom stereocenters. The third kappa shape index (κ3) is 4.32. The maximum Gasteiger partial charge on any atom is 0.0564 e. The molecule has 1 aromatic carbocycles. The minimum atomic E-state index is -0.0638. The van der Waals surface area contributed by atoms with Crippen LogP contribution in [0.4, 0.5) is 0 Å². The summed E-state index contributed by atoms with van der Waals surface area (Å²) in [4.78, 5) is 2.47. The number of aliphatic hydroxyl groups excluding tert-OH is 1. The molecule has 1 atom stereocenters. The van der Waals surface area contributed by atoms with Crippen LogP contribution in [0, 0.1) is 0 Å². The van der Waals surface area contributed by atoms with E-state index < -0.39 is 0 Å². The van der Waals surface area contributed by atoms with Crippen LogP contribution in [-0.4, -0.2) is 35.7 Å². The van der Waals surface area contributed by atoms with Gasteiger partial charge in [0.25, 0.3) is 0 Å². The van der Waals surface area contributed by atoms with Gasteiger partial charge in [0.2, 0.25) is 0 Å². The lowest BCUT2D eigenvalue weighted by Crippen LogP contribution is -2.37. The summed E-state index contributed by atoms with van der Waals surface area (Å²) >= 11 is 0. The molecule has 1 aliphatic rings. The van der Waals surface area contributed by atoms with Gasteiger partial charge in [0.05, 0.1) is 6.10 Å². The number of nitrogens with zero attached hydrogens (tertiary/aromatic N) is 1. The first-order valence-corrected chi connectivity index (χ1v) is 7.68. The predicted molar refractivity (Wildman–Crippen MR) is 80.5 cm³/mol. The molecular weight excluding hydrogens is 234 g/mol. The van der Waals surface area contributed by atoms with Gasteiger partial charge in [0.15, 0.2) is 0 Å². The topological polar surface area (TPSA) is 23.5 Å². The summed E-state index contributed by atoms with van der Waals surface area (Å²) in [7, 11) is 0. The van der Waals surface area contributed by atoms with E-state index in [1.807, 2.05) is 0 Å². The molecular formula is C17H27NO. The number of hydrogen-bond acceptors (Lipinski definition) is 2. The predicted octanol–water partition coefficient (Wildman–Crippen LogP) is 3.20. The van der Waals surface area contributed by atoms with Crippen molar-refractivity contribution in [1.29, 1.82) is 0 Å². The van der Waals surface area contributed by atoms with Gasteiger partial charge in [-0.1, -0.05) is 38.1 Å².